The molecule has 0 aromatic heterocycles. The van der Waals surface area contributed by atoms with Crippen molar-refractivity contribution < 1.29 is 9.31 Å². The summed E-state index contributed by atoms with van der Waals surface area (Å²) < 4.78 is 13.0. The first-order valence-corrected chi connectivity index (χ1v) is 7.31. The maximum absolute atomic E-state index is 5.94. The molecule has 1 aliphatic heterocycles. The topological polar surface area (TPSA) is 18.5 Å². The highest BCUT2D eigenvalue weighted by atomic mass is 79.9. The molecule has 0 N–H and O–H groups in total. The van der Waals surface area contributed by atoms with E-state index in [9.17, 15) is 0 Å². The van der Waals surface area contributed by atoms with Crippen molar-refractivity contribution in [2.45, 2.75) is 45.8 Å². The van der Waals surface area contributed by atoms with Crippen LogP contribution in [0.4, 0.5) is 0 Å². The molecule has 1 aromatic rings. The minimum absolute atomic E-state index is 0.283. The van der Waals surface area contributed by atoms with Gasteiger partial charge in [0.2, 0.25) is 0 Å². The first-order chi connectivity index (χ1) is 8.73. The van der Waals surface area contributed by atoms with E-state index in [1.54, 1.807) is 0 Å². The lowest BCUT2D eigenvalue weighted by atomic mass is 9.88. The number of benzene rings is 1. The van der Waals surface area contributed by atoms with Gasteiger partial charge >= 0.3 is 7.12 Å². The van der Waals surface area contributed by atoms with E-state index in [-0.39, 0.29) is 18.3 Å². The molecule has 0 unspecified atom stereocenters. The Morgan fingerprint density at radius 1 is 1.11 bits per heavy atom. The third kappa shape index (κ3) is 2.96. The lowest BCUT2D eigenvalue weighted by Crippen LogP contribution is -2.41. The molecule has 19 heavy (non-hydrogen) atoms. The van der Waals surface area contributed by atoms with E-state index in [0.29, 0.717) is 0 Å². The molecule has 1 saturated heterocycles. The van der Waals surface area contributed by atoms with Gasteiger partial charge in [0.25, 0.3) is 0 Å². The number of hydrogen-bond acceptors (Lipinski definition) is 2. The first kappa shape index (κ1) is 14.8. The Labute approximate surface area is 124 Å². The summed E-state index contributed by atoms with van der Waals surface area (Å²) in [5.74, 6) is 1.98. The Hall–Kier alpha value is -0.575. The van der Waals surface area contributed by atoms with Crippen LogP contribution in [0.2, 0.25) is 0 Å². The molecule has 1 fully saturated rings. The molecule has 1 aromatic carbocycles. The van der Waals surface area contributed by atoms with Gasteiger partial charge in [-0.2, -0.15) is 0 Å². The first-order valence-electron chi connectivity index (χ1n) is 6.52. The lowest BCUT2D eigenvalue weighted by Gasteiger charge is -2.32. The van der Waals surface area contributed by atoms with Crippen LogP contribution in [-0.4, -0.2) is 18.3 Å². The summed E-state index contributed by atoms with van der Waals surface area (Å²) in [7, 11) is -0.289. The number of hydrogen-bond donors (Lipinski definition) is 0. The molecule has 0 saturated carbocycles. The fourth-order valence-corrected chi connectivity index (χ4v) is 2.34. The predicted molar refractivity (Wildman–Crippen MR) is 84.0 cm³/mol. The Balaban J connectivity index is 2.15. The van der Waals surface area contributed by atoms with Crippen molar-refractivity contribution in [1.29, 1.82) is 0 Å². The summed E-state index contributed by atoms with van der Waals surface area (Å²) in [6, 6.07) is 6.16. The largest absolute Gasteiger partial charge is 0.487 e. The molecule has 1 heterocycles. The fourth-order valence-electron chi connectivity index (χ4n) is 1.95. The van der Waals surface area contributed by atoms with Crippen LogP contribution >= 0.6 is 15.9 Å². The van der Waals surface area contributed by atoms with Gasteiger partial charge in [-0.3, -0.25) is 0 Å². The third-order valence-corrected chi connectivity index (χ3v) is 4.87. The van der Waals surface area contributed by atoms with Gasteiger partial charge in [-0.05, 0) is 51.8 Å². The Morgan fingerprint density at radius 2 is 1.68 bits per heavy atom. The average Bonchev–Trinajstić information content (AvgIpc) is 2.50. The van der Waals surface area contributed by atoms with E-state index in [1.165, 1.54) is 11.1 Å². The summed E-state index contributed by atoms with van der Waals surface area (Å²) >= 11 is 3.54. The van der Waals surface area contributed by atoms with Crippen molar-refractivity contribution in [3.05, 3.63) is 39.8 Å². The molecule has 0 radical (unpaired) electrons. The highest BCUT2D eigenvalue weighted by Gasteiger charge is 2.49. The quantitative estimate of drug-likeness (QED) is 0.751. The molecule has 4 heteroatoms. The summed E-state index contributed by atoms with van der Waals surface area (Å²) in [4.78, 5) is 0. The Bertz CT molecular complexity index is 493. The number of halogens is 1. The fraction of sp³-hybridized carbons (Fsp3) is 0.467. The lowest BCUT2D eigenvalue weighted by molar-refractivity contribution is 0.00578. The van der Waals surface area contributed by atoms with Crippen molar-refractivity contribution in [2.75, 3.05) is 0 Å². The van der Waals surface area contributed by atoms with Crippen molar-refractivity contribution in [3.63, 3.8) is 0 Å². The van der Waals surface area contributed by atoms with Gasteiger partial charge < -0.3 is 9.31 Å². The van der Waals surface area contributed by atoms with Crippen LogP contribution in [0.25, 0.3) is 6.08 Å². The minimum Gasteiger partial charge on any atom is -0.400 e. The van der Waals surface area contributed by atoms with E-state index in [4.69, 9.17) is 9.31 Å². The molecule has 0 bridgehead atoms. The van der Waals surface area contributed by atoms with E-state index in [2.05, 4.69) is 62.7 Å². The molecular weight excluding hydrogens is 303 g/mol. The maximum Gasteiger partial charge on any atom is 0.487 e. The average molecular weight is 323 g/mol. The molecule has 0 amide bonds. The van der Waals surface area contributed by atoms with Crippen molar-refractivity contribution >= 4 is 29.1 Å². The maximum atomic E-state index is 5.94. The predicted octanol–water partition coefficient (Wildman–Crippen LogP) is 4.40. The summed E-state index contributed by atoms with van der Waals surface area (Å²) in [5.41, 5.74) is 1.82. The molecule has 0 atom stereocenters. The van der Waals surface area contributed by atoms with Crippen LogP contribution in [0.1, 0.15) is 38.8 Å². The zero-order valence-corrected chi connectivity index (χ0v) is 13.7. The molecular formula is C15H20BBrO2. The van der Waals surface area contributed by atoms with Gasteiger partial charge in [0.15, 0.2) is 0 Å². The van der Waals surface area contributed by atoms with Crippen LogP contribution < -0.4 is 0 Å². The van der Waals surface area contributed by atoms with Gasteiger partial charge in [-0.25, -0.2) is 0 Å². The second kappa shape index (κ2) is 5.08. The van der Waals surface area contributed by atoms with Crippen LogP contribution in [0, 0.1) is 6.92 Å². The van der Waals surface area contributed by atoms with Crippen LogP contribution in [0.5, 0.6) is 0 Å². The highest BCUT2D eigenvalue weighted by molar-refractivity contribution is 9.10. The second-order valence-electron chi connectivity index (χ2n) is 5.94. The molecule has 2 rings (SSSR count). The molecule has 0 aliphatic carbocycles. The van der Waals surface area contributed by atoms with Crippen molar-refractivity contribution in [3.8, 4) is 0 Å². The van der Waals surface area contributed by atoms with Crippen molar-refractivity contribution in [2.24, 2.45) is 0 Å². The summed E-state index contributed by atoms with van der Waals surface area (Å²) in [6.45, 7) is 10.3. The summed E-state index contributed by atoms with van der Waals surface area (Å²) in [6.07, 6.45) is 2.06. The zero-order chi connectivity index (χ0) is 14.3. The van der Waals surface area contributed by atoms with Crippen LogP contribution in [0.15, 0.2) is 28.6 Å². The molecule has 1 aliphatic rings. The smallest absolute Gasteiger partial charge is 0.400 e. The number of rotatable bonds is 2. The highest BCUT2D eigenvalue weighted by Crippen LogP contribution is 2.37. The second-order valence-corrected chi connectivity index (χ2v) is 6.79. The normalized spacial score (nSPS) is 21.3. The van der Waals surface area contributed by atoms with Gasteiger partial charge in [-0.1, -0.05) is 40.1 Å². The van der Waals surface area contributed by atoms with E-state index in [0.717, 1.165) is 4.47 Å². The van der Waals surface area contributed by atoms with E-state index >= 15 is 0 Å². The molecule has 0 spiro atoms. The SMILES string of the molecule is Cc1c(Br)cccc1C=CB1OC(C)(C)C(C)(C)O1. The van der Waals surface area contributed by atoms with Crippen LogP contribution in [0.3, 0.4) is 0 Å². The molecule has 102 valence electrons. The Morgan fingerprint density at radius 3 is 2.26 bits per heavy atom. The zero-order valence-electron chi connectivity index (χ0n) is 12.2. The van der Waals surface area contributed by atoms with Gasteiger partial charge in [0.1, 0.15) is 0 Å². The minimum atomic E-state index is -0.289. The summed E-state index contributed by atoms with van der Waals surface area (Å²) in [5, 5.41) is 0. The van der Waals surface area contributed by atoms with Gasteiger partial charge in [0.05, 0.1) is 11.2 Å². The van der Waals surface area contributed by atoms with Gasteiger partial charge in [-0.15, -0.1) is 0 Å². The van der Waals surface area contributed by atoms with Crippen molar-refractivity contribution in [1.82, 2.24) is 0 Å². The monoisotopic (exact) mass is 322 g/mol. The van der Waals surface area contributed by atoms with E-state index < -0.39 is 0 Å². The molecule has 2 nitrogen and oxygen atoms in total. The Kier molecular flexibility index (Phi) is 3.96. The van der Waals surface area contributed by atoms with Gasteiger partial charge in [0, 0.05) is 4.47 Å². The van der Waals surface area contributed by atoms with E-state index in [1.807, 2.05) is 18.1 Å². The standard InChI is InChI=1S/C15H20BBrO2/c1-11-12(7-6-8-13(11)17)9-10-16-18-14(2,3)15(4,5)19-16/h6-10H,1-5H3. The third-order valence-electron chi connectivity index (χ3n) is 4.01. The van der Waals surface area contributed by atoms with Crippen LogP contribution in [-0.2, 0) is 9.31 Å².